The monoisotopic (exact) mass is 663 g/mol. The number of halogens is 5. The standard InChI is InChI=1S/C25H22F4IN3O4S/c1-15-2-8-19(9-3-15)38(35,36)32-23-22(30)21(20(26)14-31-23)16-10-12-33(13-11-16)24(34)17-4-6-18(7-5-17)37-25(27,28)29/h2-9,14,16H,10-13H2,1H3,(H,31,32). The van der Waals surface area contributed by atoms with Crippen LogP contribution in [0.4, 0.5) is 23.4 Å². The minimum atomic E-state index is -4.83. The highest BCUT2D eigenvalue weighted by atomic mass is 127. The second kappa shape index (κ2) is 11.0. The van der Waals surface area contributed by atoms with E-state index >= 15 is 0 Å². The SMILES string of the molecule is Cc1ccc(S(=O)(=O)Nc2ncc(F)c(C3CCN(C(=O)c4ccc(OC(F)(F)F)cc4)CC3)c2I)cc1. The van der Waals surface area contributed by atoms with Crippen molar-refractivity contribution in [1.29, 1.82) is 0 Å². The van der Waals surface area contributed by atoms with Gasteiger partial charge in [0.2, 0.25) is 0 Å². The molecular weight excluding hydrogens is 641 g/mol. The number of pyridine rings is 1. The number of amides is 1. The van der Waals surface area contributed by atoms with Gasteiger partial charge >= 0.3 is 6.36 Å². The van der Waals surface area contributed by atoms with Gasteiger partial charge in [-0.05, 0) is 84.7 Å². The number of sulfonamides is 1. The number of nitrogens with zero attached hydrogens (tertiary/aromatic N) is 2. The Labute approximate surface area is 230 Å². The average molecular weight is 663 g/mol. The molecule has 1 aliphatic heterocycles. The molecule has 1 fully saturated rings. The van der Waals surface area contributed by atoms with E-state index in [9.17, 15) is 30.8 Å². The quantitative estimate of drug-likeness (QED) is 0.264. The molecule has 0 aliphatic carbocycles. The molecule has 2 heterocycles. The predicted octanol–water partition coefficient (Wildman–Crippen LogP) is 5.85. The van der Waals surface area contributed by atoms with Crippen molar-refractivity contribution in [1.82, 2.24) is 9.88 Å². The van der Waals surface area contributed by atoms with Crippen LogP contribution in [-0.4, -0.2) is 43.7 Å². The minimum absolute atomic E-state index is 0.0160. The van der Waals surface area contributed by atoms with Crippen molar-refractivity contribution in [3.8, 4) is 5.75 Å². The largest absolute Gasteiger partial charge is 0.573 e. The average Bonchev–Trinajstić information content (AvgIpc) is 2.86. The Morgan fingerprint density at radius 3 is 2.26 bits per heavy atom. The van der Waals surface area contributed by atoms with Gasteiger partial charge in [0, 0.05) is 24.2 Å². The van der Waals surface area contributed by atoms with Crippen molar-refractivity contribution in [2.45, 2.75) is 36.9 Å². The number of ether oxygens (including phenoxy) is 1. The summed E-state index contributed by atoms with van der Waals surface area (Å²) >= 11 is 1.87. The molecule has 2 aromatic carbocycles. The summed E-state index contributed by atoms with van der Waals surface area (Å²) in [5.41, 5.74) is 1.43. The van der Waals surface area contributed by atoms with Crippen LogP contribution < -0.4 is 9.46 Å². The first kappa shape index (κ1) is 28.1. The third-order valence-electron chi connectivity index (χ3n) is 6.10. The molecule has 0 saturated carbocycles. The lowest BCUT2D eigenvalue weighted by atomic mass is 9.89. The molecule has 1 saturated heterocycles. The molecule has 0 radical (unpaired) electrons. The van der Waals surface area contributed by atoms with E-state index in [1.165, 1.54) is 24.3 Å². The second-order valence-corrected chi connectivity index (χ2v) is 11.5. The highest BCUT2D eigenvalue weighted by Crippen LogP contribution is 2.36. The summed E-state index contributed by atoms with van der Waals surface area (Å²) in [4.78, 5) is 18.4. The van der Waals surface area contributed by atoms with E-state index in [2.05, 4.69) is 14.4 Å². The summed E-state index contributed by atoms with van der Waals surface area (Å²) in [6.45, 7) is 2.40. The van der Waals surface area contributed by atoms with Gasteiger partial charge < -0.3 is 9.64 Å². The zero-order valence-electron chi connectivity index (χ0n) is 19.9. The number of carbonyl (C=O) groups excluding carboxylic acids is 1. The lowest BCUT2D eigenvalue weighted by molar-refractivity contribution is -0.274. The van der Waals surface area contributed by atoms with Gasteiger partial charge in [-0.15, -0.1) is 13.2 Å². The van der Waals surface area contributed by atoms with Crippen LogP contribution in [0.1, 0.15) is 40.2 Å². The molecule has 0 spiro atoms. The van der Waals surface area contributed by atoms with Gasteiger partial charge in [0.05, 0.1) is 14.7 Å². The van der Waals surface area contributed by atoms with Crippen LogP contribution in [0, 0.1) is 16.3 Å². The van der Waals surface area contributed by atoms with Crippen LogP contribution in [0.3, 0.4) is 0 Å². The van der Waals surface area contributed by atoms with E-state index in [1.54, 1.807) is 17.0 Å². The Morgan fingerprint density at radius 1 is 1.08 bits per heavy atom. The third-order valence-corrected chi connectivity index (χ3v) is 8.54. The van der Waals surface area contributed by atoms with Crippen molar-refractivity contribution in [2.75, 3.05) is 17.8 Å². The maximum Gasteiger partial charge on any atom is 0.573 e. The molecule has 4 rings (SSSR count). The zero-order valence-corrected chi connectivity index (χ0v) is 22.9. The van der Waals surface area contributed by atoms with Crippen molar-refractivity contribution >= 4 is 44.3 Å². The number of carbonyl (C=O) groups is 1. The van der Waals surface area contributed by atoms with Crippen LogP contribution >= 0.6 is 22.6 Å². The fraction of sp³-hybridized carbons (Fsp3) is 0.280. The normalized spacial score (nSPS) is 14.8. The van der Waals surface area contributed by atoms with Crippen molar-refractivity contribution in [3.05, 3.63) is 80.8 Å². The number of piperidine rings is 1. The molecule has 1 N–H and O–H groups in total. The molecule has 202 valence electrons. The number of aromatic nitrogens is 1. The number of likely N-dealkylation sites (tertiary alicyclic amines) is 1. The molecule has 0 bridgehead atoms. The first-order chi connectivity index (χ1) is 17.8. The summed E-state index contributed by atoms with van der Waals surface area (Å²) < 4.78 is 84.2. The molecule has 1 aliphatic rings. The first-order valence-corrected chi connectivity index (χ1v) is 14.0. The molecule has 0 atom stereocenters. The molecule has 7 nitrogen and oxygen atoms in total. The molecular formula is C25H22F4IN3O4S. The summed E-state index contributed by atoms with van der Waals surface area (Å²) in [7, 11) is -3.94. The number of alkyl halides is 3. The summed E-state index contributed by atoms with van der Waals surface area (Å²) in [6.07, 6.45) is -3.04. The van der Waals surface area contributed by atoms with E-state index in [0.717, 1.165) is 23.9 Å². The van der Waals surface area contributed by atoms with Crippen LogP contribution in [-0.2, 0) is 10.0 Å². The molecule has 1 amide bonds. The Kier molecular flexibility index (Phi) is 8.16. The fourth-order valence-corrected chi connectivity index (χ4v) is 6.36. The maximum absolute atomic E-state index is 14.9. The second-order valence-electron chi connectivity index (χ2n) is 8.74. The number of hydrogen-bond acceptors (Lipinski definition) is 5. The Balaban J connectivity index is 1.45. The van der Waals surface area contributed by atoms with Gasteiger partial charge in [-0.2, -0.15) is 0 Å². The first-order valence-electron chi connectivity index (χ1n) is 11.4. The highest BCUT2D eigenvalue weighted by molar-refractivity contribution is 14.1. The van der Waals surface area contributed by atoms with Crippen LogP contribution in [0.5, 0.6) is 5.75 Å². The number of nitrogens with one attached hydrogen (secondary N) is 1. The minimum Gasteiger partial charge on any atom is -0.406 e. The Morgan fingerprint density at radius 2 is 1.68 bits per heavy atom. The van der Waals surface area contributed by atoms with E-state index in [1.807, 2.05) is 29.5 Å². The van der Waals surface area contributed by atoms with E-state index in [4.69, 9.17) is 0 Å². The number of anilines is 1. The Bertz CT molecular complexity index is 1420. The van der Waals surface area contributed by atoms with E-state index in [-0.39, 0.29) is 41.2 Å². The Hall–Kier alpha value is -2.94. The highest BCUT2D eigenvalue weighted by Gasteiger charge is 2.32. The lowest BCUT2D eigenvalue weighted by Gasteiger charge is -2.33. The van der Waals surface area contributed by atoms with Crippen LogP contribution in [0.25, 0.3) is 0 Å². The topological polar surface area (TPSA) is 88.6 Å². The molecule has 13 heteroatoms. The number of rotatable bonds is 6. The molecule has 38 heavy (non-hydrogen) atoms. The number of benzene rings is 2. The predicted molar refractivity (Wildman–Crippen MR) is 140 cm³/mol. The summed E-state index contributed by atoms with van der Waals surface area (Å²) in [5, 5.41) is 0. The smallest absolute Gasteiger partial charge is 0.406 e. The van der Waals surface area contributed by atoms with E-state index in [0.29, 0.717) is 22.0 Å². The molecule has 3 aromatic rings. The van der Waals surface area contributed by atoms with Crippen molar-refractivity contribution in [2.24, 2.45) is 0 Å². The summed E-state index contributed by atoms with van der Waals surface area (Å²) in [5.74, 6) is -1.64. The van der Waals surface area contributed by atoms with Crippen LogP contribution in [0.15, 0.2) is 59.6 Å². The molecule has 0 unspecified atom stereocenters. The van der Waals surface area contributed by atoms with E-state index < -0.39 is 28.0 Å². The summed E-state index contributed by atoms with van der Waals surface area (Å²) in [6, 6.07) is 10.9. The fourth-order valence-electron chi connectivity index (χ4n) is 4.18. The lowest BCUT2D eigenvalue weighted by Crippen LogP contribution is -2.38. The van der Waals surface area contributed by atoms with Crippen LogP contribution in [0.2, 0.25) is 0 Å². The molecule has 1 aromatic heterocycles. The van der Waals surface area contributed by atoms with Gasteiger partial charge in [0.15, 0.2) is 5.82 Å². The number of hydrogen-bond donors (Lipinski definition) is 1. The van der Waals surface area contributed by atoms with Gasteiger partial charge in [0.25, 0.3) is 15.9 Å². The van der Waals surface area contributed by atoms with Gasteiger partial charge in [0.1, 0.15) is 11.6 Å². The van der Waals surface area contributed by atoms with Gasteiger partial charge in [-0.25, -0.2) is 17.8 Å². The zero-order chi connectivity index (χ0) is 27.7. The maximum atomic E-state index is 14.9. The van der Waals surface area contributed by atoms with Gasteiger partial charge in [-0.1, -0.05) is 17.7 Å². The van der Waals surface area contributed by atoms with Gasteiger partial charge in [-0.3, -0.25) is 9.52 Å². The third kappa shape index (κ3) is 6.54. The number of aryl methyl sites for hydroxylation is 1. The van der Waals surface area contributed by atoms with Crippen molar-refractivity contribution in [3.63, 3.8) is 0 Å². The van der Waals surface area contributed by atoms with Crippen molar-refractivity contribution < 1.29 is 35.5 Å².